The average Bonchev–Trinajstić information content (AvgIpc) is 2.94. The molecule has 0 aliphatic heterocycles. The summed E-state index contributed by atoms with van der Waals surface area (Å²) >= 11 is 0. The molecule has 2 heterocycles. The van der Waals surface area contributed by atoms with Crippen LogP contribution < -0.4 is 4.74 Å². The third-order valence-electron chi connectivity index (χ3n) is 3.78. The van der Waals surface area contributed by atoms with E-state index < -0.39 is 23.7 Å². The topological polar surface area (TPSA) is 39.9 Å². The summed E-state index contributed by atoms with van der Waals surface area (Å²) in [5.41, 5.74) is -0.613. The Hall–Kier alpha value is -2.78. The van der Waals surface area contributed by atoms with Gasteiger partial charge in [-0.15, -0.1) is 0 Å². The van der Waals surface area contributed by atoms with Crippen LogP contribution in [0.25, 0.3) is 11.0 Å². The van der Waals surface area contributed by atoms with Crippen LogP contribution in [0.3, 0.4) is 0 Å². The lowest BCUT2D eigenvalue weighted by molar-refractivity contribution is -0.147. The van der Waals surface area contributed by atoms with Gasteiger partial charge in [0.15, 0.2) is 0 Å². The number of rotatable bonds is 4. The molecule has 0 spiro atoms. The van der Waals surface area contributed by atoms with E-state index in [2.05, 4.69) is 9.97 Å². The van der Waals surface area contributed by atoms with Crippen molar-refractivity contribution in [3.63, 3.8) is 0 Å². The molecular formula is C17H13F6N3O. The minimum atomic E-state index is -4.82. The van der Waals surface area contributed by atoms with Gasteiger partial charge in [0.25, 0.3) is 0 Å². The van der Waals surface area contributed by atoms with E-state index >= 15 is 0 Å². The fourth-order valence-corrected chi connectivity index (χ4v) is 2.53. The number of nitrogens with zero attached hydrogens (tertiary/aromatic N) is 3. The number of aromatic nitrogens is 3. The second-order valence-corrected chi connectivity index (χ2v) is 5.81. The molecule has 27 heavy (non-hydrogen) atoms. The van der Waals surface area contributed by atoms with Gasteiger partial charge in [0, 0.05) is 12.3 Å². The number of halogens is 6. The predicted octanol–water partition coefficient (Wildman–Crippen LogP) is 4.86. The van der Waals surface area contributed by atoms with E-state index in [9.17, 15) is 26.3 Å². The van der Waals surface area contributed by atoms with Gasteiger partial charge in [-0.3, -0.25) is 0 Å². The lowest BCUT2D eigenvalue weighted by Gasteiger charge is -2.12. The first kappa shape index (κ1) is 19.0. The molecule has 1 aromatic carbocycles. The summed E-state index contributed by atoms with van der Waals surface area (Å²) in [6.07, 6.45) is -7.95. The lowest BCUT2D eigenvalue weighted by Crippen LogP contribution is -2.18. The highest BCUT2D eigenvalue weighted by Crippen LogP contribution is 2.35. The fourth-order valence-electron chi connectivity index (χ4n) is 2.53. The van der Waals surface area contributed by atoms with Gasteiger partial charge in [-0.25, -0.2) is 9.97 Å². The Morgan fingerprint density at radius 2 is 1.74 bits per heavy atom. The highest BCUT2D eigenvalue weighted by atomic mass is 19.4. The minimum absolute atomic E-state index is 0.0595. The van der Waals surface area contributed by atoms with Crippen molar-refractivity contribution in [2.24, 2.45) is 0 Å². The van der Waals surface area contributed by atoms with Crippen LogP contribution in [0.15, 0.2) is 36.5 Å². The van der Waals surface area contributed by atoms with Crippen molar-refractivity contribution in [1.82, 2.24) is 14.5 Å². The number of hydrogen-bond acceptors (Lipinski definition) is 3. The van der Waals surface area contributed by atoms with Crippen molar-refractivity contribution in [2.45, 2.75) is 25.8 Å². The zero-order valence-electron chi connectivity index (χ0n) is 13.9. The molecule has 0 unspecified atom stereocenters. The minimum Gasteiger partial charge on any atom is -0.476 e. The monoisotopic (exact) mass is 389 g/mol. The van der Waals surface area contributed by atoms with Crippen molar-refractivity contribution in [1.29, 1.82) is 0 Å². The summed E-state index contributed by atoms with van der Waals surface area (Å²) in [7, 11) is 0. The zero-order chi connectivity index (χ0) is 19.8. The second-order valence-electron chi connectivity index (χ2n) is 5.81. The molecule has 0 aliphatic carbocycles. The molecule has 0 fully saturated rings. The van der Waals surface area contributed by atoms with Crippen LogP contribution in [0, 0.1) is 6.92 Å². The molecule has 10 heteroatoms. The summed E-state index contributed by atoms with van der Waals surface area (Å²) in [6, 6.07) is 5.60. The van der Waals surface area contributed by atoms with Gasteiger partial charge in [0.1, 0.15) is 6.61 Å². The van der Waals surface area contributed by atoms with Gasteiger partial charge in [0.05, 0.1) is 23.1 Å². The van der Waals surface area contributed by atoms with Crippen LogP contribution in [-0.4, -0.2) is 21.1 Å². The van der Waals surface area contributed by atoms with Gasteiger partial charge in [-0.1, -0.05) is 6.07 Å². The number of aryl methyl sites for hydroxylation is 1. The van der Waals surface area contributed by atoms with E-state index in [0.29, 0.717) is 6.07 Å². The molecule has 0 saturated carbocycles. The first-order chi connectivity index (χ1) is 12.6. The van der Waals surface area contributed by atoms with Crippen LogP contribution in [-0.2, 0) is 18.9 Å². The first-order valence-corrected chi connectivity index (χ1v) is 7.76. The van der Waals surface area contributed by atoms with Gasteiger partial charge in [0.2, 0.25) is 11.7 Å². The van der Waals surface area contributed by atoms with E-state index in [4.69, 9.17) is 4.74 Å². The normalized spacial score (nSPS) is 12.6. The number of imidazole rings is 1. The fraction of sp³-hybridized carbons (Fsp3) is 0.294. The standard InChI is InChI=1S/C17H13F6N3O/c1-10-2-5-14(24-9-10)27-7-6-26-13-4-3-11(16(18,19)20)8-12(13)25-15(26)17(21,22)23/h2-5,8-9H,6-7H2,1H3. The van der Waals surface area contributed by atoms with E-state index in [1.54, 1.807) is 18.3 Å². The van der Waals surface area contributed by atoms with E-state index in [1.807, 2.05) is 6.92 Å². The Balaban J connectivity index is 1.91. The van der Waals surface area contributed by atoms with Crippen LogP contribution in [0.4, 0.5) is 26.3 Å². The van der Waals surface area contributed by atoms with Gasteiger partial charge in [-0.05, 0) is 30.7 Å². The summed E-state index contributed by atoms with van der Waals surface area (Å²) in [5.74, 6) is -1.05. The van der Waals surface area contributed by atoms with E-state index in [-0.39, 0.29) is 30.1 Å². The van der Waals surface area contributed by atoms with Crippen LogP contribution in [0.2, 0.25) is 0 Å². The first-order valence-electron chi connectivity index (χ1n) is 7.76. The Morgan fingerprint density at radius 3 is 2.33 bits per heavy atom. The summed E-state index contributed by atoms with van der Waals surface area (Å²) in [4.78, 5) is 7.34. The Morgan fingerprint density at radius 1 is 1.00 bits per heavy atom. The smallest absolute Gasteiger partial charge is 0.449 e. The SMILES string of the molecule is Cc1ccc(OCCn2c(C(F)(F)F)nc3cc(C(F)(F)F)ccc32)nc1. The molecule has 144 valence electrons. The maximum Gasteiger partial charge on any atom is 0.449 e. The Bertz CT molecular complexity index is 944. The molecular weight excluding hydrogens is 376 g/mol. The Labute approximate surface area is 149 Å². The summed E-state index contributed by atoms with van der Waals surface area (Å²) in [6.45, 7) is 1.40. The van der Waals surface area contributed by atoms with E-state index in [1.165, 1.54) is 0 Å². The van der Waals surface area contributed by atoms with Gasteiger partial charge in [-0.2, -0.15) is 26.3 Å². The van der Waals surface area contributed by atoms with Crippen molar-refractivity contribution in [2.75, 3.05) is 6.61 Å². The largest absolute Gasteiger partial charge is 0.476 e. The van der Waals surface area contributed by atoms with Crippen LogP contribution >= 0.6 is 0 Å². The quantitative estimate of drug-likeness (QED) is 0.599. The number of ether oxygens (including phenoxy) is 1. The average molecular weight is 389 g/mol. The lowest BCUT2D eigenvalue weighted by atomic mass is 10.2. The molecule has 0 radical (unpaired) electrons. The molecule has 0 amide bonds. The summed E-state index contributed by atoms with van der Waals surface area (Å²) in [5, 5.41) is 0. The van der Waals surface area contributed by atoms with Crippen molar-refractivity contribution >= 4 is 11.0 Å². The van der Waals surface area contributed by atoms with Crippen LogP contribution in [0.5, 0.6) is 5.88 Å². The number of alkyl halides is 6. The number of benzene rings is 1. The summed E-state index contributed by atoms with van der Waals surface area (Å²) < 4.78 is 84.3. The van der Waals surface area contributed by atoms with Gasteiger partial charge < -0.3 is 9.30 Å². The number of fused-ring (bicyclic) bond motifs is 1. The molecule has 4 nitrogen and oxygen atoms in total. The molecule has 0 atom stereocenters. The molecule has 0 bridgehead atoms. The Kier molecular flexibility index (Phi) is 4.75. The number of hydrogen-bond donors (Lipinski definition) is 0. The third-order valence-corrected chi connectivity index (χ3v) is 3.78. The van der Waals surface area contributed by atoms with Gasteiger partial charge >= 0.3 is 12.4 Å². The molecule has 0 N–H and O–H groups in total. The molecule has 0 aliphatic rings. The molecule has 2 aromatic heterocycles. The zero-order valence-corrected chi connectivity index (χ0v) is 13.9. The second kappa shape index (κ2) is 6.75. The van der Waals surface area contributed by atoms with E-state index in [0.717, 1.165) is 22.3 Å². The molecule has 3 aromatic rings. The van der Waals surface area contributed by atoms with Crippen molar-refractivity contribution in [3.8, 4) is 5.88 Å². The highest BCUT2D eigenvalue weighted by molar-refractivity contribution is 5.77. The third kappa shape index (κ3) is 4.15. The van der Waals surface area contributed by atoms with Crippen molar-refractivity contribution in [3.05, 3.63) is 53.5 Å². The van der Waals surface area contributed by atoms with Crippen LogP contribution in [0.1, 0.15) is 17.0 Å². The highest BCUT2D eigenvalue weighted by Gasteiger charge is 2.38. The molecule has 0 saturated heterocycles. The maximum absolute atomic E-state index is 13.3. The maximum atomic E-state index is 13.3. The molecule has 3 rings (SSSR count). The predicted molar refractivity (Wildman–Crippen MR) is 84.2 cm³/mol. The number of pyridine rings is 1. The van der Waals surface area contributed by atoms with Crippen molar-refractivity contribution < 1.29 is 31.1 Å².